The molecule has 15 heavy (non-hydrogen) atoms. The average Bonchev–Trinajstić information content (AvgIpc) is 2.11. The van der Waals surface area contributed by atoms with Crippen LogP contribution in [0, 0.1) is 11.8 Å². The van der Waals surface area contributed by atoms with Crippen molar-refractivity contribution in [2.45, 2.75) is 52.6 Å². The molecule has 0 aromatic rings. The molecule has 1 atom stereocenters. The highest BCUT2D eigenvalue weighted by Crippen LogP contribution is 2.12. The highest BCUT2D eigenvalue weighted by atomic mass is 16.3. The Bertz CT molecular complexity index is 280. The Balaban J connectivity index is 4.04. The highest BCUT2D eigenvalue weighted by molar-refractivity contribution is 5.14. The maximum Gasteiger partial charge on any atom is 0.123 e. The molecule has 1 unspecified atom stereocenters. The van der Waals surface area contributed by atoms with Crippen molar-refractivity contribution in [2.75, 3.05) is 0 Å². The van der Waals surface area contributed by atoms with Crippen LogP contribution in [0.25, 0.3) is 0 Å². The first-order valence-corrected chi connectivity index (χ1v) is 5.45. The molecule has 0 bridgehead atoms. The quantitative estimate of drug-likeness (QED) is 0.551. The van der Waals surface area contributed by atoms with Gasteiger partial charge in [0.25, 0.3) is 0 Å². The fourth-order valence-electron chi connectivity index (χ4n) is 1.12. The standard InChI is InChI=1S/C14H22O/c1-5-6-7-8-11-14(4,15)12-9-10-13(2)3/h5-6,10,15H,7,9,12H2,1-4H3/b6-5+. The maximum atomic E-state index is 9.90. The third kappa shape index (κ3) is 9.31. The molecular formula is C14H22O. The van der Waals surface area contributed by atoms with Crippen LogP contribution in [0.3, 0.4) is 0 Å². The van der Waals surface area contributed by atoms with E-state index in [4.69, 9.17) is 0 Å². The molecule has 0 radical (unpaired) electrons. The summed E-state index contributed by atoms with van der Waals surface area (Å²) in [6.45, 7) is 7.86. The van der Waals surface area contributed by atoms with Crippen LogP contribution in [0.4, 0.5) is 0 Å². The van der Waals surface area contributed by atoms with Crippen LogP contribution >= 0.6 is 0 Å². The largest absolute Gasteiger partial charge is 0.378 e. The lowest BCUT2D eigenvalue weighted by molar-refractivity contribution is 0.113. The molecule has 0 amide bonds. The van der Waals surface area contributed by atoms with Crippen molar-refractivity contribution in [3.8, 4) is 11.8 Å². The molecule has 0 heterocycles. The molecule has 1 N–H and O–H groups in total. The summed E-state index contributed by atoms with van der Waals surface area (Å²) in [6.07, 6.45) is 8.37. The summed E-state index contributed by atoms with van der Waals surface area (Å²) in [6, 6.07) is 0. The molecule has 0 aromatic carbocycles. The molecule has 1 nitrogen and oxygen atoms in total. The fraction of sp³-hybridized carbons (Fsp3) is 0.571. The molecule has 0 saturated carbocycles. The predicted octanol–water partition coefficient (Wildman–Crippen LogP) is 3.45. The normalized spacial score (nSPS) is 14.2. The first kappa shape index (κ1) is 14.0. The highest BCUT2D eigenvalue weighted by Gasteiger charge is 2.14. The van der Waals surface area contributed by atoms with Crippen molar-refractivity contribution in [1.29, 1.82) is 0 Å². The van der Waals surface area contributed by atoms with E-state index in [9.17, 15) is 5.11 Å². The molecule has 0 aliphatic carbocycles. The second kappa shape index (κ2) is 7.31. The number of allylic oxidation sites excluding steroid dienone is 4. The van der Waals surface area contributed by atoms with Crippen molar-refractivity contribution in [1.82, 2.24) is 0 Å². The molecule has 1 heteroatoms. The van der Waals surface area contributed by atoms with E-state index in [1.807, 2.05) is 19.1 Å². The topological polar surface area (TPSA) is 20.2 Å². The van der Waals surface area contributed by atoms with Crippen molar-refractivity contribution in [2.24, 2.45) is 0 Å². The summed E-state index contributed by atoms with van der Waals surface area (Å²) < 4.78 is 0. The molecule has 0 spiro atoms. The number of hydrogen-bond acceptors (Lipinski definition) is 1. The molecule has 0 fully saturated rings. The summed E-state index contributed by atoms with van der Waals surface area (Å²) in [5, 5.41) is 9.90. The van der Waals surface area contributed by atoms with E-state index in [1.54, 1.807) is 6.92 Å². The lowest BCUT2D eigenvalue weighted by Gasteiger charge is -2.14. The zero-order valence-corrected chi connectivity index (χ0v) is 10.3. The van der Waals surface area contributed by atoms with Gasteiger partial charge in [-0.1, -0.05) is 35.6 Å². The molecule has 0 aliphatic heterocycles. The minimum atomic E-state index is -0.854. The van der Waals surface area contributed by atoms with Crippen molar-refractivity contribution in [3.63, 3.8) is 0 Å². The summed E-state index contributed by atoms with van der Waals surface area (Å²) in [4.78, 5) is 0. The van der Waals surface area contributed by atoms with Crippen molar-refractivity contribution in [3.05, 3.63) is 23.8 Å². The van der Waals surface area contributed by atoms with Gasteiger partial charge in [0, 0.05) is 6.42 Å². The Morgan fingerprint density at radius 3 is 2.60 bits per heavy atom. The van der Waals surface area contributed by atoms with Crippen LogP contribution < -0.4 is 0 Å². The lowest BCUT2D eigenvalue weighted by Crippen LogP contribution is -2.20. The van der Waals surface area contributed by atoms with Crippen LogP contribution in [0.5, 0.6) is 0 Å². The van der Waals surface area contributed by atoms with E-state index in [0.29, 0.717) is 6.42 Å². The second-order valence-corrected chi connectivity index (χ2v) is 4.17. The minimum Gasteiger partial charge on any atom is -0.378 e. The summed E-state index contributed by atoms with van der Waals surface area (Å²) >= 11 is 0. The number of hydrogen-bond donors (Lipinski definition) is 1. The molecule has 0 rings (SSSR count). The number of rotatable bonds is 4. The zero-order chi connectivity index (χ0) is 11.7. The van der Waals surface area contributed by atoms with Crippen LogP contribution in [-0.2, 0) is 0 Å². The van der Waals surface area contributed by atoms with Gasteiger partial charge in [0.15, 0.2) is 0 Å². The van der Waals surface area contributed by atoms with E-state index in [-0.39, 0.29) is 0 Å². The van der Waals surface area contributed by atoms with E-state index in [0.717, 1.165) is 12.8 Å². The van der Waals surface area contributed by atoms with Gasteiger partial charge in [-0.05, 0) is 40.5 Å². The number of aliphatic hydroxyl groups is 1. The molecule has 0 aromatic heterocycles. The van der Waals surface area contributed by atoms with Gasteiger partial charge in [-0.25, -0.2) is 0 Å². The average molecular weight is 206 g/mol. The third-order valence-corrected chi connectivity index (χ3v) is 2.00. The van der Waals surface area contributed by atoms with Gasteiger partial charge >= 0.3 is 0 Å². The van der Waals surface area contributed by atoms with Crippen molar-refractivity contribution < 1.29 is 5.11 Å². The van der Waals surface area contributed by atoms with Gasteiger partial charge in [-0.2, -0.15) is 0 Å². The Hall–Kier alpha value is -1.00. The van der Waals surface area contributed by atoms with Gasteiger partial charge < -0.3 is 5.11 Å². The fourth-order valence-corrected chi connectivity index (χ4v) is 1.12. The van der Waals surface area contributed by atoms with Gasteiger partial charge in [0.05, 0.1) is 0 Å². The predicted molar refractivity (Wildman–Crippen MR) is 66.5 cm³/mol. The Labute approximate surface area is 93.9 Å². The first-order chi connectivity index (χ1) is 6.98. The van der Waals surface area contributed by atoms with Crippen LogP contribution in [-0.4, -0.2) is 10.7 Å². The molecule has 84 valence electrons. The minimum absolute atomic E-state index is 0.695. The summed E-state index contributed by atoms with van der Waals surface area (Å²) in [5.41, 5.74) is 0.431. The van der Waals surface area contributed by atoms with E-state index >= 15 is 0 Å². The van der Waals surface area contributed by atoms with E-state index in [2.05, 4.69) is 31.8 Å². The van der Waals surface area contributed by atoms with Crippen LogP contribution in [0.1, 0.15) is 47.0 Å². The SMILES string of the molecule is C/C=C/CC#CC(C)(O)CCC=C(C)C. The Kier molecular flexibility index (Phi) is 6.83. The van der Waals surface area contributed by atoms with Gasteiger partial charge in [0.1, 0.15) is 5.60 Å². The summed E-state index contributed by atoms with van der Waals surface area (Å²) in [5.74, 6) is 5.85. The van der Waals surface area contributed by atoms with Gasteiger partial charge in [0.2, 0.25) is 0 Å². The summed E-state index contributed by atoms with van der Waals surface area (Å²) in [7, 11) is 0. The lowest BCUT2D eigenvalue weighted by atomic mass is 10.00. The third-order valence-electron chi connectivity index (χ3n) is 2.00. The molecule has 0 saturated heterocycles. The Morgan fingerprint density at radius 1 is 1.40 bits per heavy atom. The Morgan fingerprint density at radius 2 is 2.07 bits per heavy atom. The maximum absolute atomic E-state index is 9.90. The monoisotopic (exact) mass is 206 g/mol. The molecular weight excluding hydrogens is 184 g/mol. The van der Waals surface area contributed by atoms with E-state index < -0.39 is 5.60 Å². The van der Waals surface area contributed by atoms with Gasteiger partial charge in [-0.3, -0.25) is 0 Å². The van der Waals surface area contributed by atoms with Crippen LogP contribution in [0.15, 0.2) is 23.8 Å². The zero-order valence-electron chi connectivity index (χ0n) is 10.3. The van der Waals surface area contributed by atoms with E-state index in [1.165, 1.54) is 5.57 Å². The van der Waals surface area contributed by atoms with Gasteiger partial charge in [-0.15, -0.1) is 0 Å². The molecule has 0 aliphatic rings. The van der Waals surface area contributed by atoms with Crippen LogP contribution in [0.2, 0.25) is 0 Å². The van der Waals surface area contributed by atoms with Crippen molar-refractivity contribution >= 4 is 0 Å². The second-order valence-electron chi connectivity index (χ2n) is 4.17. The first-order valence-electron chi connectivity index (χ1n) is 5.45. The smallest absolute Gasteiger partial charge is 0.123 e.